The van der Waals surface area contributed by atoms with E-state index in [0.29, 0.717) is 24.4 Å². The maximum Gasteiger partial charge on any atom is 0.235 e. The summed E-state index contributed by atoms with van der Waals surface area (Å²) >= 11 is 0. The van der Waals surface area contributed by atoms with Crippen LogP contribution in [0.2, 0.25) is 0 Å². The number of carbonyl (C=O) groups excluding carboxylic acids is 1. The van der Waals surface area contributed by atoms with Crippen LogP contribution in [0.15, 0.2) is 54.6 Å². The first-order valence-electron chi connectivity index (χ1n) is 12.6. The number of aromatic nitrogens is 2. The first kappa shape index (κ1) is 24.5. The number of hydrogen-bond acceptors (Lipinski definition) is 4. The molecule has 38 heavy (non-hydrogen) atoms. The van der Waals surface area contributed by atoms with Crippen molar-refractivity contribution in [2.24, 2.45) is 0 Å². The van der Waals surface area contributed by atoms with Gasteiger partial charge in [0.15, 0.2) is 0 Å². The van der Waals surface area contributed by atoms with Crippen molar-refractivity contribution in [1.29, 1.82) is 0 Å². The lowest BCUT2D eigenvalue weighted by Crippen LogP contribution is -2.23. The van der Waals surface area contributed by atoms with E-state index in [1.165, 1.54) is 12.1 Å². The highest BCUT2D eigenvalue weighted by Gasteiger charge is 2.65. The minimum absolute atomic E-state index is 0.0370. The van der Waals surface area contributed by atoms with Crippen molar-refractivity contribution in [2.75, 3.05) is 32.6 Å². The van der Waals surface area contributed by atoms with Gasteiger partial charge in [-0.1, -0.05) is 36.4 Å². The summed E-state index contributed by atoms with van der Waals surface area (Å²) in [6.07, 6.45) is 4.18. The first-order valence-corrected chi connectivity index (χ1v) is 12.6. The Morgan fingerprint density at radius 3 is 2.71 bits per heavy atom. The third-order valence-electron chi connectivity index (χ3n) is 7.74. The number of aromatic amines is 1. The summed E-state index contributed by atoms with van der Waals surface area (Å²) in [5.41, 5.74) is 4.53. The number of anilines is 1. The molecule has 2 unspecified atom stereocenters. The number of amides is 1. The van der Waals surface area contributed by atoms with Gasteiger partial charge in [0.1, 0.15) is 11.6 Å². The molecule has 6 rings (SSSR count). The molecule has 2 heterocycles. The van der Waals surface area contributed by atoms with Gasteiger partial charge in [-0.3, -0.25) is 14.8 Å². The Hall–Kier alpha value is -3.88. The van der Waals surface area contributed by atoms with Crippen molar-refractivity contribution in [3.05, 3.63) is 94.2 Å². The Morgan fingerprint density at radius 2 is 1.92 bits per heavy atom. The maximum absolute atomic E-state index is 14.7. The summed E-state index contributed by atoms with van der Waals surface area (Å²) in [7, 11) is 3.39. The van der Waals surface area contributed by atoms with Gasteiger partial charge >= 0.3 is 0 Å². The fourth-order valence-corrected chi connectivity index (χ4v) is 5.59. The highest BCUT2D eigenvalue weighted by atomic mass is 19.1. The molecule has 1 saturated carbocycles. The maximum atomic E-state index is 14.7. The number of likely N-dealkylation sites (N-methyl/N-ethyl adjacent to an activating group) is 1. The first-order chi connectivity index (χ1) is 18.4. The third-order valence-corrected chi connectivity index (χ3v) is 7.74. The van der Waals surface area contributed by atoms with Crippen LogP contribution in [0, 0.1) is 11.6 Å². The molecule has 1 aromatic heterocycles. The van der Waals surface area contributed by atoms with Crippen molar-refractivity contribution in [3.63, 3.8) is 0 Å². The second-order valence-electron chi connectivity index (χ2n) is 10.2. The Kier molecular flexibility index (Phi) is 6.08. The molecule has 0 radical (unpaired) electrons. The van der Waals surface area contributed by atoms with Gasteiger partial charge in [-0.15, -0.1) is 0 Å². The molecular formula is C30H28F2N4O2. The standard InChI is InChI=1S/C30H28F2N4O2/c1-36(11-12-38-2)17-21-24(31)13-18(14-25(21)32)7-10-26-20-9-8-19(15-28(20)35-34-26)23-16-30(23)22-5-3-4-6-27(22)33-29(30)37/h3-10,13-15,23H,11-12,16-17H2,1-2H3,(H,33,37)(H,34,35)/b10-7+. The van der Waals surface area contributed by atoms with E-state index in [1.807, 2.05) is 47.4 Å². The van der Waals surface area contributed by atoms with E-state index in [2.05, 4.69) is 15.5 Å². The highest BCUT2D eigenvalue weighted by molar-refractivity contribution is 6.09. The van der Waals surface area contributed by atoms with Crippen LogP contribution in [0.3, 0.4) is 0 Å². The number of rotatable bonds is 8. The molecule has 3 aromatic carbocycles. The van der Waals surface area contributed by atoms with Gasteiger partial charge < -0.3 is 10.1 Å². The smallest absolute Gasteiger partial charge is 0.235 e. The Bertz CT molecular complexity index is 1560. The van der Waals surface area contributed by atoms with Gasteiger partial charge in [-0.2, -0.15) is 5.10 Å². The number of hydrogen-bond donors (Lipinski definition) is 2. The second-order valence-corrected chi connectivity index (χ2v) is 10.2. The molecule has 1 aliphatic carbocycles. The van der Waals surface area contributed by atoms with Crippen LogP contribution in [0.1, 0.15) is 40.3 Å². The summed E-state index contributed by atoms with van der Waals surface area (Å²) in [5.74, 6) is -0.998. The normalized spacial score (nSPS) is 20.1. The van der Waals surface area contributed by atoms with E-state index < -0.39 is 17.0 Å². The number of halogens is 2. The Balaban J connectivity index is 1.21. The molecule has 1 amide bonds. The van der Waals surface area contributed by atoms with Crippen molar-refractivity contribution >= 4 is 34.6 Å². The van der Waals surface area contributed by atoms with E-state index in [4.69, 9.17) is 4.74 Å². The average molecular weight is 515 g/mol. The number of fused-ring (bicyclic) bond motifs is 3. The van der Waals surface area contributed by atoms with E-state index in [0.717, 1.165) is 34.1 Å². The molecule has 6 nitrogen and oxygen atoms in total. The zero-order valence-corrected chi connectivity index (χ0v) is 21.2. The molecular weight excluding hydrogens is 486 g/mol. The van der Waals surface area contributed by atoms with Gasteiger partial charge in [-0.25, -0.2) is 8.78 Å². The molecule has 1 spiro atoms. The van der Waals surface area contributed by atoms with Crippen LogP contribution in [-0.4, -0.2) is 48.3 Å². The van der Waals surface area contributed by atoms with E-state index in [1.54, 1.807) is 26.3 Å². The average Bonchev–Trinajstić information content (AvgIpc) is 3.44. The van der Waals surface area contributed by atoms with Crippen LogP contribution >= 0.6 is 0 Å². The lowest BCUT2D eigenvalue weighted by molar-refractivity contribution is -0.118. The highest BCUT2D eigenvalue weighted by Crippen LogP contribution is 2.64. The number of ether oxygens (including phenoxy) is 1. The van der Waals surface area contributed by atoms with E-state index in [9.17, 15) is 13.6 Å². The molecule has 1 aliphatic heterocycles. The molecule has 1 fully saturated rings. The number of carbonyl (C=O) groups is 1. The fraction of sp³-hybridized carbons (Fsp3) is 0.267. The Morgan fingerprint density at radius 1 is 1.13 bits per heavy atom. The van der Waals surface area contributed by atoms with Gasteiger partial charge in [0.05, 0.1) is 23.2 Å². The molecule has 0 bridgehead atoms. The predicted octanol–water partition coefficient (Wildman–Crippen LogP) is 5.47. The number of methoxy groups -OCH3 is 1. The summed E-state index contributed by atoms with van der Waals surface area (Å²) in [4.78, 5) is 14.7. The van der Waals surface area contributed by atoms with Crippen molar-refractivity contribution < 1.29 is 18.3 Å². The second kappa shape index (κ2) is 9.45. The predicted molar refractivity (Wildman–Crippen MR) is 144 cm³/mol. The van der Waals surface area contributed by atoms with Crippen molar-refractivity contribution in [3.8, 4) is 0 Å². The summed E-state index contributed by atoms with van der Waals surface area (Å²) in [5, 5.41) is 11.4. The zero-order chi connectivity index (χ0) is 26.4. The van der Waals surface area contributed by atoms with Gasteiger partial charge in [0, 0.05) is 42.8 Å². The lowest BCUT2D eigenvalue weighted by Gasteiger charge is -2.17. The molecule has 2 N–H and O–H groups in total. The van der Waals surface area contributed by atoms with Crippen LogP contribution < -0.4 is 5.32 Å². The minimum Gasteiger partial charge on any atom is -0.383 e. The summed E-state index contributed by atoms with van der Waals surface area (Å²) in [6.45, 7) is 1.23. The molecule has 4 aromatic rings. The fourth-order valence-electron chi connectivity index (χ4n) is 5.59. The van der Waals surface area contributed by atoms with Gasteiger partial charge in [0.2, 0.25) is 5.91 Å². The monoisotopic (exact) mass is 514 g/mol. The number of H-pyrrole nitrogens is 1. The number of para-hydroxylation sites is 1. The SMILES string of the molecule is COCCN(C)Cc1c(F)cc(/C=C/c2n[nH]c3cc(C4CC45C(=O)Nc4ccccc45)ccc23)cc1F. The summed E-state index contributed by atoms with van der Waals surface area (Å²) in [6, 6.07) is 16.6. The number of nitrogens with one attached hydrogen (secondary N) is 2. The van der Waals surface area contributed by atoms with Crippen molar-refractivity contribution in [1.82, 2.24) is 15.1 Å². The molecule has 8 heteroatoms. The van der Waals surface area contributed by atoms with Crippen LogP contribution in [0.4, 0.5) is 14.5 Å². The van der Waals surface area contributed by atoms with E-state index >= 15 is 0 Å². The minimum atomic E-state index is -0.582. The van der Waals surface area contributed by atoms with Crippen LogP contribution in [-0.2, 0) is 21.5 Å². The largest absolute Gasteiger partial charge is 0.383 e. The number of nitrogens with zero attached hydrogens (tertiary/aromatic N) is 2. The lowest BCUT2D eigenvalue weighted by atomic mass is 9.92. The summed E-state index contributed by atoms with van der Waals surface area (Å²) < 4.78 is 34.4. The number of benzene rings is 3. The van der Waals surface area contributed by atoms with Crippen LogP contribution in [0.25, 0.3) is 23.1 Å². The molecule has 2 aliphatic rings. The molecule has 0 saturated heterocycles. The zero-order valence-electron chi connectivity index (χ0n) is 21.2. The van der Waals surface area contributed by atoms with Gasteiger partial charge in [-0.05, 0) is 60.5 Å². The third kappa shape index (κ3) is 4.10. The van der Waals surface area contributed by atoms with E-state index in [-0.39, 0.29) is 23.9 Å². The quantitative estimate of drug-likeness (QED) is 0.327. The molecule has 194 valence electrons. The Labute approximate surface area is 219 Å². The topological polar surface area (TPSA) is 70.2 Å². The van der Waals surface area contributed by atoms with Crippen LogP contribution in [0.5, 0.6) is 0 Å². The van der Waals surface area contributed by atoms with Crippen molar-refractivity contribution in [2.45, 2.75) is 24.3 Å². The van der Waals surface area contributed by atoms with Gasteiger partial charge in [0.25, 0.3) is 0 Å². The molecule has 2 atom stereocenters.